The quantitative estimate of drug-likeness (QED) is 0.587. The molecule has 7 heteroatoms. The number of ether oxygens (including phenoxy) is 2. The number of aliphatic hydroxyl groups is 1. The van der Waals surface area contributed by atoms with Crippen molar-refractivity contribution >= 4 is 28.3 Å². The SMILES string of the molecule is CCOc1c2c(c(OCC)c3ccccc13)C(O)N(c1ccc(C)c(C(=O)O)c1C)C2=O. The third kappa shape index (κ3) is 3.08. The van der Waals surface area contributed by atoms with E-state index in [1.807, 2.05) is 38.1 Å². The van der Waals surface area contributed by atoms with Crippen molar-refractivity contribution in [2.24, 2.45) is 0 Å². The molecule has 0 saturated carbocycles. The highest BCUT2D eigenvalue weighted by atomic mass is 16.5. The highest BCUT2D eigenvalue weighted by Gasteiger charge is 2.44. The maximum absolute atomic E-state index is 13.7. The van der Waals surface area contributed by atoms with E-state index in [1.54, 1.807) is 26.0 Å². The molecule has 0 saturated heterocycles. The molecule has 2 N–H and O–H groups in total. The van der Waals surface area contributed by atoms with E-state index in [0.29, 0.717) is 52.5 Å². The van der Waals surface area contributed by atoms with Gasteiger partial charge >= 0.3 is 5.97 Å². The fraction of sp³-hybridized carbons (Fsp3) is 0.280. The van der Waals surface area contributed by atoms with E-state index in [-0.39, 0.29) is 11.1 Å². The molecule has 0 spiro atoms. The molecule has 1 heterocycles. The minimum Gasteiger partial charge on any atom is -0.493 e. The van der Waals surface area contributed by atoms with Crippen LogP contribution in [-0.2, 0) is 0 Å². The van der Waals surface area contributed by atoms with Crippen LogP contribution in [0.15, 0.2) is 36.4 Å². The Kier molecular flexibility index (Phi) is 5.52. The van der Waals surface area contributed by atoms with Gasteiger partial charge in [0.2, 0.25) is 0 Å². The van der Waals surface area contributed by atoms with Crippen molar-refractivity contribution in [1.29, 1.82) is 0 Å². The molecule has 1 unspecified atom stereocenters. The molecule has 3 aromatic carbocycles. The lowest BCUT2D eigenvalue weighted by molar-refractivity contribution is 0.0694. The fourth-order valence-corrected chi connectivity index (χ4v) is 4.48. The number of hydrogen-bond acceptors (Lipinski definition) is 5. The van der Waals surface area contributed by atoms with Crippen LogP contribution in [0.1, 0.15) is 57.5 Å². The third-order valence-electron chi connectivity index (χ3n) is 5.79. The van der Waals surface area contributed by atoms with Crippen molar-refractivity contribution in [2.45, 2.75) is 33.9 Å². The van der Waals surface area contributed by atoms with Gasteiger partial charge in [0.05, 0.1) is 35.6 Å². The van der Waals surface area contributed by atoms with E-state index in [4.69, 9.17) is 9.47 Å². The minimum absolute atomic E-state index is 0.110. The second kappa shape index (κ2) is 8.16. The number of carbonyl (C=O) groups excluding carboxylic acids is 1. The van der Waals surface area contributed by atoms with E-state index in [9.17, 15) is 19.8 Å². The lowest BCUT2D eigenvalue weighted by atomic mass is 9.98. The first-order chi connectivity index (χ1) is 15.3. The van der Waals surface area contributed by atoms with Gasteiger partial charge in [0.25, 0.3) is 5.91 Å². The first-order valence-corrected chi connectivity index (χ1v) is 10.5. The topological polar surface area (TPSA) is 96.3 Å². The summed E-state index contributed by atoms with van der Waals surface area (Å²) in [6.07, 6.45) is -1.36. The lowest BCUT2D eigenvalue weighted by Gasteiger charge is -2.24. The van der Waals surface area contributed by atoms with Crippen LogP contribution in [0.2, 0.25) is 0 Å². The van der Waals surface area contributed by atoms with Crippen molar-refractivity contribution in [3.05, 3.63) is 64.2 Å². The first kappa shape index (κ1) is 21.6. The van der Waals surface area contributed by atoms with Crippen molar-refractivity contribution < 1.29 is 29.3 Å². The number of carboxylic acids is 1. The number of nitrogens with zero attached hydrogens (tertiary/aromatic N) is 1. The zero-order valence-electron chi connectivity index (χ0n) is 18.4. The second-order valence-electron chi connectivity index (χ2n) is 7.61. The Bertz CT molecular complexity index is 1250. The predicted molar refractivity (Wildman–Crippen MR) is 121 cm³/mol. The van der Waals surface area contributed by atoms with Crippen LogP contribution in [0.4, 0.5) is 5.69 Å². The molecule has 4 rings (SSSR count). The third-order valence-corrected chi connectivity index (χ3v) is 5.79. The summed E-state index contributed by atoms with van der Waals surface area (Å²) in [7, 11) is 0. The molecule has 1 aliphatic rings. The second-order valence-corrected chi connectivity index (χ2v) is 7.61. The van der Waals surface area contributed by atoms with Gasteiger partial charge in [0.1, 0.15) is 11.5 Å². The van der Waals surface area contributed by atoms with Gasteiger partial charge in [-0.2, -0.15) is 0 Å². The molecule has 1 aliphatic heterocycles. The summed E-state index contributed by atoms with van der Waals surface area (Å²) >= 11 is 0. The van der Waals surface area contributed by atoms with Crippen molar-refractivity contribution in [3.8, 4) is 11.5 Å². The molecule has 32 heavy (non-hydrogen) atoms. The molecule has 1 atom stereocenters. The molecule has 7 nitrogen and oxygen atoms in total. The Hall–Kier alpha value is -3.58. The molecular weight excluding hydrogens is 410 g/mol. The Labute approximate surface area is 185 Å². The highest BCUT2D eigenvalue weighted by molar-refractivity contribution is 6.18. The van der Waals surface area contributed by atoms with E-state index in [0.717, 1.165) is 5.39 Å². The molecule has 0 bridgehead atoms. The molecule has 0 radical (unpaired) electrons. The van der Waals surface area contributed by atoms with Crippen molar-refractivity contribution in [2.75, 3.05) is 18.1 Å². The number of aliphatic hydroxyl groups excluding tert-OH is 1. The number of fused-ring (bicyclic) bond motifs is 2. The summed E-state index contributed by atoms with van der Waals surface area (Å²) in [6.45, 7) is 7.68. The number of anilines is 1. The molecule has 3 aromatic rings. The Balaban J connectivity index is 2.02. The number of hydrogen-bond donors (Lipinski definition) is 2. The van der Waals surface area contributed by atoms with Gasteiger partial charge < -0.3 is 19.7 Å². The zero-order valence-corrected chi connectivity index (χ0v) is 18.4. The first-order valence-electron chi connectivity index (χ1n) is 10.5. The van der Waals surface area contributed by atoms with Crippen molar-refractivity contribution in [3.63, 3.8) is 0 Å². The van der Waals surface area contributed by atoms with E-state index >= 15 is 0 Å². The average Bonchev–Trinajstić information content (AvgIpc) is 3.01. The van der Waals surface area contributed by atoms with E-state index in [1.165, 1.54) is 4.90 Å². The summed E-state index contributed by atoms with van der Waals surface area (Å²) in [4.78, 5) is 26.7. The maximum atomic E-state index is 13.7. The number of aromatic carboxylic acids is 1. The lowest BCUT2D eigenvalue weighted by Crippen LogP contribution is -2.29. The normalized spacial score (nSPS) is 15.2. The summed E-state index contributed by atoms with van der Waals surface area (Å²) in [5, 5.41) is 22.5. The summed E-state index contributed by atoms with van der Waals surface area (Å²) in [5.41, 5.74) is 1.98. The van der Waals surface area contributed by atoms with Gasteiger partial charge in [-0.3, -0.25) is 9.69 Å². The molecule has 0 aliphatic carbocycles. The van der Waals surface area contributed by atoms with Gasteiger partial charge in [-0.15, -0.1) is 0 Å². The molecule has 0 fully saturated rings. The molecular formula is C25H25NO6. The standard InChI is InChI=1S/C25H25NO6/c1-5-31-21-15-9-7-8-10-16(15)22(32-6-2)20-19(21)23(27)26(24(20)28)17-12-11-13(3)18(14(17)4)25(29)30/h7-12,23,27H,5-6H2,1-4H3,(H,29,30). The zero-order chi connectivity index (χ0) is 23.2. The van der Waals surface area contributed by atoms with Crippen molar-refractivity contribution in [1.82, 2.24) is 0 Å². The van der Waals surface area contributed by atoms with Crippen LogP contribution in [-0.4, -0.2) is 35.3 Å². The number of benzene rings is 3. The monoisotopic (exact) mass is 435 g/mol. The van der Waals surface area contributed by atoms with E-state index < -0.39 is 18.1 Å². The predicted octanol–water partition coefficient (Wildman–Crippen LogP) is 4.60. The van der Waals surface area contributed by atoms with Gasteiger partial charge in [-0.1, -0.05) is 30.3 Å². The Morgan fingerprint density at radius 3 is 2.19 bits per heavy atom. The molecule has 0 aromatic heterocycles. The number of rotatable bonds is 6. The largest absolute Gasteiger partial charge is 0.493 e. The van der Waals surface area contributed by atoms with Crippen LogP contribution in [0.3, 0.4) is 0 Å². The highest BCUT2D eigenvalue weighted by Crippen LogP contribution is 2.50. The van der Waals surface area contributed by atoms with Crippen LogP contribution >= 0.6 is 0 Å². The smallest absolute Gasteiger partial charge is 0.336 e. The molecule has 1 amide bonds. The van der Waals surface area contributed by atoms with Gasteiger partial charge in [0.15, 0.2) is 6.23 Å². The number of carboxylic acid groups (broad SMARTS) is 1. The Morgan fingerprint density at radius 1 is 1.00 bits per heavy atom. The summed E-state index contributed by atoms with van der Waals surface area (Å²) in [5.74, 6) is -0.744. The van der Waals surface area contributed by atoms with Gasteiger partial charge in [-0.25, -0.2) is 4.79 Å². The molecule has 166 valence electrons. The van der Waals surface area contributed by atoms with Gasteiger partial charge in [-0.05, 0) is 44.9 Å². The number of aryl methyl sites for hydroxylation is 1. The number of amides is 1. The van der Waals surface area contributed by atoms with Gasteiger partial charge in [0, 0.05) is 10.8 Å². The average molecular weight is 435 g/mol. The van der Waals surface area contributed by atoms with Crippen LogP contribution < -0.4 is 14.4 Å². The Morgan fingerprint density at radius 2 is 1.59 bits per heavy atom. The maximum Gasteiger partial charge on any atom is 0.336 e. The van der Waals surface area contributed by atoms with Crippen LogP contribution in [0.5, 0.6) is 11.5 Å². The summed E-state index contributed by atoms with van der Waals surface area (Å²) < 4.78 is 11.8. The van der Waals surface area contributed by atoms with Crippen LogP contribution in [0, 0.1) is 13.8 Å². The number of carbonyl (C=O) groups is 2. The van der Waals surface area contributed by atoms with Crippen LogP contribution in [0.25, 0.3) is 10.8 Å². The minimum atomic E-state index is -1.36. The summed E-state index contributed by atoms with van der Waals surface area (Å²) in [6, 6.07) is 10.7. The fourth-order valence-electron chi connectivity index (χ4n) is 4.48. The van der Waals surface area contributed by atoms with E-state index in [2.05, 4.69) is 0 Å².